The Morgan fingerprint density at radius 1 is 1.21 bits per heavy atom. The smallest absolute Gasteiger partial charge is 0.338 e. The van der Waals surface area contributed by atoms with Crippen molar-refractivity contribution < 1.29 is 22.7 Å². The zero-order chi connectivity index (χ0) is 24.2. The van der Waals surface area contributed by atoms with Gasteiger partial charge in [-0.3, -0.25) is 4.79 Å². The number of hydrogen-bond donors (Lipinski definition) is 0. The quantitative estimate of drug-likeness (QED) is 0.547. The van der Waals surface area contributed by atoms with Gasteiger partial charge in [0.1, 0.15) is 4.90 Å². The molecular formula is C24H29ClN2O5S. The second-order valence-corrected chi connectivity index (χ2v) is 10.8. The van der Waals surface area contributed by atoms with E-state index in [-0.39, 0.29) is 27.3 Å². The molecule has 0 spiro atoms. The summed E-state index contributed by atoms with van der Waals surface area (Å²) in [5.74, 6) is -0.897. The number of likely N-dealkylation sites (N-methyl/N-ethyl adjacent to an activating group) is 1. The molecule has 0 aliphatic carbocycles. The van der Waals surface area contributed by atoms with E-state index in [0.717, 1.165) is 24.0 Å². The molecule has 1 atom stereocenters. The van der Waals surface area contributed by atoms with E-state index in [1.165, 1.54) is 27.4 Å². The van der Waals surface area contributed by atoms with Crippen molar-refractivity contribution in [1.82, 2.24) is 9.21 Å². The second-order valence-electron chi connectivity index (χ2n) is 8.51. The topological polar surface area (TPSA) is 84.0 Å². The normalized spacial score (nSPS) is 16.9. The molecule has 3 rings (SSSR count). The van der Waals surface area contributed by atoms with Crippen molar-refractivity contribution in [3.8, 4) is 0 Å². The molecule has 0 saturated carbocycles. The number of piperidine rings is 1. The van der Waals surface area contributed by atoms with Crippen LogP contribution in [0.15, 0.2) is 47.4 Å². The maximum absolute atomic E-state index is 13.1. The minimum absolute atomic E-state index is 0.0254. The molecule has 9 heteroatoms. The van der Waals surface area contributed by atoms with Crippen LogP contribution < -0.4 is 0 Å². The van der Waals surface area contributed by atoms with Crippen LogP contribution in [0.5, 0.6) is 0 Å². The molecule has 0 N–H and O–H groups in total. The van der Waals surface area contributed by atoms with Gasteiger partial charge in [-0.15, -0.1) is 0 Å². The zero-order valence-electron chi connectivity index (χ0n) is 19.1. The number of nitrogens with zero attached hydrogens (tertiary/aromatic N) is 2. The molecule has 1 unspecified atom stereocenters. The Labute approximate surface area is 200 Å². The van der Waals surface area contributed by atoms with Crippen LogP contribution in [0.3, 0.4) is 0 Å². The highest BCUT2D eigenvalue weighted by molar-refractivity contribution is 7.89. The van der Waals surface area contributed by atoms with E-state index in [2.05, 4.69) is 0 Å². The number of benzene rings is 2. The number of rotatable bonds is 7. The Bertz CT molecular complexity index is 1140. The SMILES string of the molecule is Cc1ccccc1CN(C)C(=O)COC(=O)c1ccc(Cl)c(S(=O)(=O)N2CCCC(C)C2)c1. The van der Waals surface area contributed by atoms with Crippen LogP contribution in [-0.2, 0) is 26.1 Å². The first kappa shape index (κ1) is 25.2. The number of carbonyl (C=O) groups is 2. The number of ether oxygens (including phenoxy) is 1. The average molecular weight is 493 g/mol. The molecule has 1 aliphatic heterocycles. The summed E-state index contributed by atoms with van der Waals surface area (Å²) in [6.07, 6.45) is 1.75. The highest BCUT2D eigenvalue weighted by atomic mass is 35.5. The van der Waals surface area contributed by atoms with Crippen LogP contribution in [0.4, 0.5) is 0 Å². The first-order valence-electron chi connectivity index (χ1n) is 10.8. The first-order valence-corrected chi connectivity index (χ1v) is 12.7. The van der Waals surface area contributed by atoms with Crippen molar-refractivity contribution in [3.05, 3.63) is 64.2 Å². The first-order chi connectivity index (χ1) is 15.6. The van der Waals surface area contributed by atoms with Crippen LogP contribution in [0, 0.1) is 12.8 Å². The van der Waals surface area contributed by atoms with Gasteiger partial charge >= 0.3 is 5.97 Å². The van der Waals surface area contributed by atoms with Gasteiger partial charge < -0.3 is 9.64 Å². The van der Waals surface area contributed by atoms with Crippen molar-refractivity contribution in [2.45, 2.75) is 38.1 Å². The summed E-state index contributed by atoms with van der Waals surface area (Å²) in [5, 5.41) is 0.0406. The number of sulfonamides is 1. The van der Waals surface area contributed by atoms with Crippen LogP contribution in [-0.4, -0.2) is 56.2 Å². The Hall–Kier alpha value is -2.42. The zero-order valence-corrected chi connectivity index (χ0v) is 20.7. The van der Waals surface area contributed by atoms with Gasteiger partial charge in [0.2, 0.25) is 10.0 Å². The fraction of sp³-hybridized carbons (Fsp3) is 0.417. The monoisotopic (exact) mass is 492 g/mol. The lowest BCUT2D eigenvalue weighted by atomic mass is 10.0. The number of carbonyl (C=O) groups excluding carboxylic acids is 2. The summed E-state index contributed by atoms with van der Waals surface area (Å²) in [6.45, 7) is 4.74. The van der Waals surface area contributed by atoms with Crippen LogP contribution in [0.1, 0.15) is 41.3 Å². The molecule has 2 aromatic rings. The third kappa shape index (κ3) is 6.13. The van der Waals surface area contributed by atoms with Crippen molar-refractivity contribution in [2.24, 2.45) is 5.92 Å². The predicted molar refractivity (Wildman–Crippen MR) is 127 cm³/mol. The lowest BCUT2D eigenvalue weighted by Crippen LogP contribution is -2.39. The molecule has 1 aliphatic rings. The third-order valence-corrected chi connectivity index (χ3v) is 8.17. The molecule has 1 amide bonds. The Balaban J connectivity index is 1.67. The van der Waals surface area contributed by atoms with E-state index < -0.39 is 22.6 Å². The van der Waals surface area contributed by atoms with Gasteiger partial charge in [-0.2, -0.15) is 4.31 Å². The van der Waals surface area contributed by atoms with Crippen LogP contribution in [0.25, 0.3) is 0 Å². The van der Waals surface area contributed by atoms with Gasteiger partial charge in [0.05, 0.1) is 10.6 Å². The minimum atomic E-state index is -3.85. The number of hydrogen-bond acceptors (Lipinski definition) is 5. The lowest BCUT2D eigenvalue weighted by Gasteiger charge is -2.30. The molecule has 0 bridgehead atoms. The highest BCUT2D eigenvalue weighted by Crippen LogP contribution is 2.29. The summed E-state index contributed by atoms with van der Waals surface area (Å²) in [7, 11) is -2.21. The van der Waals surface area contributed by atoms with Crippen molar-refractivity contribution in [2.75, 3.05) is 26.7 Å². The molecule has 2 aromatic carbocycles. The Morgan fingerprint density at radius 2 is 1.94 bits per heavy atom. The van der Waals surface area contributed by atoms with E-state index in [1.54, 1.807) is 7.05 Å². The van der Waals surface area contributed by atoms with Gasteiger partial charge in [-0.05, 0) is 55.0 Å². The van der Waals surface area contributed by atoms with Gasteiger partial charge in [0.15, 0.2) is 6.61 Å². The van der Waals surface area contributed by atoms with Crippen LogP contribution >= 0.6 is 11.6 Å². The standard InChI is InChI=1S/C24H29ClN2O5S/c1-17-7-6-12-27(14-17)33(30,31)22-13-19(10-11-21(22)25)24(29)32-16-23(28)26(3)15-20-9-5-4-8-18(20)2/h4-5,8-11,13,17H,6-7,12,14-16H2,1-3H3. The molecule has 1 heterocycles. The number of amides is 1. The maximum Gasteiger partial charge on any atom is 0.338 e. The van der Waals surface area contributed by atoms with E-state index in [1.807, 2.05) is 38.1 Å². The second kappa shape index (κ2) is 10.7. The van der Waals surface area contributed by atoms with E-state index in [9.17, 15) is 18.0 Å². The number of esters is 1. The van der Waals surface area contributed by atoms with Crippen molar-refractivity contribution >= 4 is 33.5 Å². The molecule has 7 nitrogen and oxygen atoms in total. The third-order valence-electron chi connectivity index (χ3n) is 5.83. The van der Waals surface area contributed by atoms with Gasteiger partial charge in [-0.1, -0.05) is 42.8 Å². The fourth-order valence-corrected chi connectivity index (χ4v) is 5.88. The van der Waals surface area contributed by atoms with E-state index in [0.29, 0.717) is 19.6 Å². The van der Waals surface area contributed by atoms with E-state index in [4.69, 9.17) is 16.3 Å². The average Bonchev–Trinajstić information content (AvgIpc) is 2.78. The Morgan fingerprint density at radius 3 is 2.64 bits per heavy atom. The summed E-state index contributed by atoms with van der Waals surface area (Å²) in [4.78, 5) is 26.3. The van der Waals surface area contributed by atoms with Gasteiger partial charge in [0, 0.05) is 26.7 Å². The van der Waals surface area contributed by atoms with E-state index >= 15 is 0 Å². The summed E-state index contributed by atoms with van der Waals surface area (Å²) in [6, 6.07) is 11.7. The largest absolute Gasteiger partial charge is 0.452 e. The predicted octanol–water partition coefficient (Wildman–Crippen LogP) is 3.88. The maximum atomic E-state index is 13.1. The number of halogens is 1. The molecular weight excluding hydrogens is 464 g/mol. The molecule has 1 saturated heterocycles. The molecule has 33 heavy (non-hydrogen) atoms. The molecule has 0 aromatic heterocycles. The summed E-state index contributed by atoms with van der Waals surface area (Å²) in [5.41, 5.74) is 2.09. The number of aryl methyl sites for hydroxylation is 1. The van der Waals surface area contributed by atoms with Crippen LogP contribution in [0.2, 0.25) is 5.02 Å². The summed E-state index contributed by atoms with van der Waals surface area (Å²) < 4.78 is 32.8. The minimum Gasteiger partial charge on any atom is -0.452 e. The van der Waals surface area contributed by atoms with Crippen molar-refractivity contribution in [1.29, 1.82) is 0 Å². The molecule has 178 valence electrons. The van der Waals surface area contributed by atoms with Gasteiger partial charge in [0.25, 0.3) is 5.91 Å². The fourth-order valence-electron chi connectivity index (χ4n) is 3.78. The summed E-state index contributed by atoms with van der Waals surface area (Å²) >= 11 is 6.18. The lowest BCUT2D eigenvalue weighted by molar-refractivity contribution is -0.133. The molecule has 0 radical (unpaired) electrons. The highest BCUT2D eigenvalue weighted by Gasteiger charge is 2.31. The van der Waals surface area contributed by atoms with Gasteiger partial charge in [-0.25, -0.2) is 13.2 Å². The molecule has 1 fully saturated rings. The Kier molecular flexibility index (Phi) is 8.15. The van der Waals surface area contributed by atoms with Crippen molar-refractivity contribution in [3.63, 3.8) is 0 Å².